The predicted octanol–water partition coefficient (Wildman–Crippen LogP) is 5.26. The van der Waals surface area contributed by atoms with Crippen LogP contribution < -0.4 is 5.32 Å². The van der Waals surface area contributed by atoms with Gasteiger partial charge in [-0.15, -0.1) is 6.58 Å². The number of fused-ring (bicyclic) bond motifs is 1. The Balaban J connectivity index is 1.75. The summed E-state index contributed by atoms with van der Waals surface area (Å²) in [5.74, 6) is 0.0977. The molecule has 0 radical (unpaired) electrons. The van der Waals surface area contributed by atoms with Crippen molar-refractivity contribution in [3.05, 3.63) is 96.1 Å². The quantitative estimate of drug-likeness (QED) is 0.484. The van der Waals surface area contributed by atoms with Crippen LogP contribution in [0.4, 0.5) is 0 Å². The number of nitrogens with zero attached hydrogens (tertiary/aromatic N) is 2. The molecule has 1 aliphatic rings. The first-order valence-corrected chi connectivity index (χ1v) is 12.1. The van der Waals surface area contributed by atoms with E-state index in [2.05, 4.69) is 71.4 Å². The maximum Gasteiger partial charge on any atom is 0.253 e. The summed E-state index contributed by atoms with van der Waals surface area (Å²) in [7, 11) is 0. The summed E-state index contributed by atoms with van der Waals surface area (Å²) < 4.78 is 0. The molecule has 1 heterocycles. The molecule has 1 N–H and O–H groups in total. The number of carbonyl (C=O) groups is 1. The Hall–Kier alpha value is -2.95. The number of amides is 1. The fourth-order valence-corrected chi connectivity index (χ4v) is 4.98. The first-order valence-electron chi connectivity index (χ1n) is 12.1. The first-order chi connectivity index (χ1) is 16.2. The molecule has 3 aromatic carbocycles. The standard InChI is InChI=1S/C29H35N3O/c1-4-9-27-21-30-18-19-32(27)28(26-17-12-22-10-7-8-11-25(22)20-26)23-13-15-24(16-14-23)29(33)31(5-2)6-3/h4,7-8,10-17,20,27-28,30H,1,5-6,9,18-19,21H2,2-3H3. The van der Waals surface area contributed by atoms with E-state index in [1.165, 1.54) is 21.9 Å². The van der Waals surface area contributed by atoms with Crippen molar-refractivity contribution in [1.29, 1.82) is 0 Å². The van der Waals surface area contributed by atoms with E-state index in [9.17, 15) is 4.79 Å². The number of hydrogen-bond donors (Lipinski definition) is 1. The molecule has 4 nitrogen and oxygen atoms in total. The zero-order chi connectivity index (χ0) is 23.2. The molecule has 1 aliphatic heterocycles. The molecule has 2 unspecified atom stereocenters. The van der Waals surface area contributed by atoms with Gasteiger partial charge in [0.1, 0.15) is 0 Å². The van der Waals surface area contributed by atoms with E-state index in [-0.39, 0.29) is 11.9 Å². The van der Waals surface area contributed by atoms with Crippen LogP contribution in [-0.2, 0) is 0 Å². The minimum Gasteiger partial charge on any atom is -0.339 e. The molecule has 0 bridgehead atoms. The van der Waals surface area contributed by atoms with Crippen LogP contribution in [-0.4, -0.2) is 54.5 Å². The second kappa shape index (κ2) is 10.8. The second-order valence-electron chi connectivity index (χ2n) is 8.73. The van der Waals surface area contributed by atoms with Gasteiger partial charge in [-0.25, -0.2) is 0 Å². The summed E-state index contributed by atoms with van der Waals surface area (Å²) in [5.41, 5.74) is 3.26. The van der Waals surface area contributed by atoms with E-state index in [1.807, 2.05) is 37.0 Å². The van der Waals surface area contributed by atoms with Crippen LogP contribution in [0.25, 0.3) is 10.8 Å². The smallest absolute Gasteiger partial charge is 0.253 e. The van der Waals surface area contributed by atoms with Crippen molar-refractivity contribution < 1.29 is 4.79 Å². The summed E-state index contributed by atoms with van der Waals surface area (Å²) in [5, 5.41) is 6.05. The van der Waals surface area contributed by atoms with E-state index in [1.54, 1.807) is 0 Å². The Bertz CT molecular complexity index is 1090. The molecule has 2 atom stereocenters. The molecular formula is C29H35N3O. The van der Waals surface area contributed by atoms with Gasteiger partial charge >= 0.3 is 0 Å². The summed E-state index contributed by atoms with van der Waals surface area (Å²) in [6, 6.07) is 24.1. The van der Waals surface area contributed by atoms with Gasteiger partial charge in [0.2, 0.25) is 0 Å². The Morgan fingerprint density at radius 3 is 2.45 bits per heavy atom. The topological polar surface area (TPSA) is 35.6 Å². The number of rotatable bonds is 8. The van der Waals surface area contributed by atoms with Gasteiger partial charge in [0.15, 0.2) is 0 Å². The van der Waals surface area contributed by atoms with Crippen LogP contribution in [0.1, 0.15) is 47.8 Å². The lowest BCUT2D eigenvalue weighted by Crippen LogP contribution is -2.52. The van der Waals surface area contributed by atoms with Crippen LogP contribution in [0.2, 0.25) is 0 Å². The molecule has 4 heteroatoms. The Kier molecular flexibility index (Phi) is 7.58. The van der Waals surface area contributed by atoms with E-state index >= 15 is 0 Å². The van der Waals surface area contributed by atoms with Crippen molar-refractivity contribution in [3.63, 3.8) is 0 Å². The predicted molar refractivity (Wildman–Crippen MR) is 138 cm³/mol. The number of nitrogens with one attached hydrogen (secondary N) is 1. The highest BCUT2D eigenvalue weighted by Gasteiger charge is 2.30. The summed E-state index contributed by atoms with van der Waals surface area (Å²) in [4.78, 5) is 17.3. The van der Waals surface area contributed by atoms with Gasteiger partial charge in [0.05, 0.1) is 6.04 Å². The molecule has 0 aromatic heterocycles. The van der Waals surface area contributed by atoms with Crippen molar-refractivity contribution >= 4 is 16.7 Å². The van der Waals surface area contributed by atoms with Crippen LogP contribution >= 0.6 is 0 Å². The molecule has 4 rings (SSSR count). The zero-order valence-electron chi connectivity index (χ0n) is 19.8. The summed E-state index contributed by atoms with van der Waals surface area (Å²) >= 11 is 0. The molecule has 33 heavy (non-hydrogen) atoms. The van der Waals surface area contributed by atoms with Crippen LogP contribution in [0, 0.1) is 0 Å². The molecule has 1 amide bonds. The Labute approximate surface area is 197 Å². The molecular weight excluding hydrogens is 406 g/mol. The van der Waals surface area contributed by atoms with Gasteiger partial charge in [-0.3, -0.25) is 9.69 Å². The van der Waals surface area contributed by atoms with Crippen LogP contribution in [0.5, 0.6) is 0 Å². The average molecular weight is 442 g/mol. The van der Waals surface area contributed by atoms with Crippen LogP contribution in [0.15, 0.2) is 79.4 Å². The first kappa shape index (κ1) is 23.2. The highest BCUT2D eigenvalue weighted by Crippen LogP contribution is 2.34. The minimum absolute atomic E-state index is 0.0977. The van der Waals surface area contributed by atoms with Crippen molar-refractivity contribution in [2.75, 3.05) is 32.7 Å². The molecule has 1 fully saturated rings. The SMILES string of the molecule is C=CCC1CNCCN1C(c1ccc(C(=O)N(CC)CC)cc1)c1ccc2ccccc2c1. The lowest BCUT2D eigenvalue weighted by molar-refractivity contribution is 0.0773. The van der Waals surface area contributed by atoms with Gasteiger partial charge in [-0.05, 0) is 60.4 Å². The lowest BCUT2D eigenvalue weighted by atomic mass is 9.91. The normalized spacial score (nSPS) is 17.6. The highest BCUT2D eigenvalue weighted by atomic mass is 16.2. The van der Waals surface area contributed by atoms with E-state index in [0.717, 1.165) is 44.7 Å². The molecule has 0 saturated carbocycles. The van der Waals surface area contributed by atoms with Gasteiger partial charge < -0.3 is 10.2 Å². The van der Waals surface area contributed by atoms with Gasteiger partial charge in [0, 0.05) is 44.3 Å². The lowest BCUT2D eigenvalue weighted by Gasteiger charge is -2.42. The zero-order valence-corrected chi connectivity index (χ0v) is 19.8. The maximum atomic E-state index is 12.8. The fraction of sp³-hybridized carbons (Fsp3) is 0.345. The number of hydrogen-bond acceptors (Lipinski definition) is 3. The Morgan fingerprint density at radius 1 is 1.06 bits per heavy atom. The van der Waals surface area contributed by atoms with Crippen molar-refractivity contribution in [2.45, 2.75) is 32.4 Å². The van der Waals surface area contributed by atoms with Gasteiger partial charge in [-0.1, -0.05) is 54.6 Å². The van der Waals surface area contributed by atoms with Crippen molar-refractivity contribution in [1.82, 2.24) is 15.1 Å². The Morgan fingerprint density at radius 2 is 1.76 bits per heavy atom. The third kappa shape index (κ3) is 5.02. The second-order valence-corrected chi connectivity index (χ2v) is 8.73. The average Bonchev–Trinajstić information content (AvgIpc) is 2.86. The molecule has 172 valence electrons. The van der Waals surface area contributed by atoms with Crippen molar-refractivity contribution in [2.24, 2.45) is 0 Å². The van der Waals surface area contributed by atoms with Gasteiger partial charge in [-0.2, -0.15) is 0 Å². The van der Waals surface area contributed by atoms with E-state index in [0.29, 0.717) is 6.04 Å². The number of carbonyl (C=O) groups excluding carboxylic acids is 1. The molecule has 0 aliphatic carbocycles. The fourth-order valence-electron chi connectivity index (χ4n) is 4.98. The third-order valence-electron chi connectivity index (χ3n) is 6.78. The summed E-state index contributed by atoms with van der Waals surface area (Å²) in [6.07, 6.45) is 2.96. The van der Waals surface area contributed by atoms with E-state index in [4.69, 9.17) is 0 Å². The maximum absolute atomic E-state index is 12.8. The monoisotopic (exact) mass is 441 g/mol. The third-order valence-corrected chi connectivity index (χ3v) is 6.78. The molecule has 0 spiro atoms. The number of benzene rings is 3. The minimum atomic E-state index is 0.0977. The van der Waals surface area contributed by atoms with E-state index < -0.39 is 0 Å². The largest absolute Gasteiger partial charge is 0.339 e. The molecule has 1 saturated heterocycles. The molecule has 3 aromatic rings. The number of piperazine rings is 1. The van der Waals surface area contributed by atoms with Crippen molar-refractivity contribution in [3.8, 4) is 0 Å². The van der Waals surface area contributed by atoms with Crippen LogP contribution in [0.3, 0.4) is 0 Å². The van der Waals surface area contributed by atoms with Gasteiger partial charge in [0.25, 0.3) is 5.91 Å². The summed E-state index contributed by atoms with van der Waals surface area (Å²) in [6.45, 7) is 12.4. The highest BCUT2D eigenvalue weighted by molar-refractivity contribution is 5.94.